The summed E-state index contributed by atoms with van der Waals surface area (Å²) in [5.74, 6) is -0.661. The van der Waals surface area contributed by atoms with Gasteiger partial charge in [-0.05, 0) is 42.8 Å². The number of benzene rings is 3. The minimum absolute atomic E-state index is 0.176. The van der Waals surface area contributed by atoms with E-state index in [0.717, 1.165) is 5.56 Å². The van der Waals surface area contributed by atoms with E-state index in [0.29, 0.717) is 22.4 Å². The van der Waals surface area contributed by atoms with Crippen LogP contribution in [0.5, 0.6) is 0 Å². The Kier molecular flexibility index (Phi) is 5.83. The zero-order chi connectivity index (χ0) is 19.9. The van der Waals surface area contributed by atoms with Gasteiger partial charge in [-0.25, -0.2) is 0 Å². The van der Waals surface area contributed by atoms with Gasteiger partial charge in [-0.15, -0.1) is 0 Å². The van der Waals surface area contributed by atoms with Crippen LogP contribution < -0.4 is 10.6 Å². The predicted molar refractivity (Wildman–Crippen MR) is 108 cm³/mol. The molecule has 0 saturated carbocycles. The van der Waals surface area contributed by atoms with Gasteiger partial charge in [-0.2, -0.15) is 5.26 Å². The van der Waals surface area contributed by atoms with Gasteiger partial charge in [0.15, 0.2) is 0 Å². The van der Waals surface area contributed by atoms with Gasteiger partial charge in [-0.1, -0.05) is 48.5 Å². The number of anilines is 1. The highest BCUT2D eigenvalue weighted by Crippen LogP contribution is 2.19. The van der Waals surface area contributed by atoms with Crippen LogP contribution in [0.4, 0.5) is 5.69 Å². The molecule has 0 aliphatic rings. The molecule has 1 atom stereocenters. The normalized spacial score (nSPS) is 11.1. The Bertz CT molecular complexity index is 1040. The minimum Gasteiger partial charge on any atom is -0.345 e. The molecule has 2 amide bonds. The van der Waals surface area contributed by atoms with Crippen molar-refractivity contribution in [2.45, 2.75) is 13.0 Å². The smallest absolute Gasteiger partial charge is 0.255 e. The van der Waals surface area contributed by atoms with Crippen molar-refractivity contribution in [3.05, 3.63) is 101 Å². The molecule has 0 unspecified atom stereocenters. The van der Waals surface area contributed by atoms with Crippen molar-refractivity contribution >= 4 is 17.5 Å². The Morgan fingerprint density at radius 1 is 0.893 bits per heavy atom. The van der Waals surface area contributed by atoms with Crippen molar-refractivity contribution in [2.75, 3.05) is 5.32 Å². The molecule has 0 fully saturated rings. The summed E-state index contributed by atoms with van der Waals surface area (Å²) in [6, 6.07) is 24.7. The minimum atomic E-state index is -0.381. The van der Waals surface area contributed by atoms with Crippen LogP contribution in [0.3, 0.4) is 0 Å². The van der Waals surface area contributed by atoms with Crippen LogP contribution in [0.2, 0.25) is 0 Å². The number of carbonyl (C=O) groups is 2. The second kappa shape index (κ2) is 8.65. The lowest BCUT2D eigenvalue weighted by Gasteiger charge is -2.16. The molecule has 0 radical (unpaired) electrons. The zero-order valence-corrected chi connectivity index (χ0v) is 15.3. The summed E-state index contributed by atoms with van der Waals surface area (Å²) in [5, 5.41) is 14.7. The average molecular weight is 369 g/mol. The molecular weight excluding hydrogens is 350 g/mol. The molecule has 0 bridgehead atoms. The van der Waals surface area contributed by atoms with Gasteiger partial charge in [0.1, 0.15) is 0 Å². The number of nitriles is 1. The van der Waals surface area contributed by atoms with Gasteiger partial charge in [0, 0.05) is 5.56 Å². The fourth-order valence-electron chi connectivity index (χ4n) is 2.81. The van der Waals surface area contributed by atoms with Crippen molar-refractivity contribution in [3.8, 4) is 6.07 Å². The first-order valence-corrected chi connectivity index (χ1v) is 8.85. The highest BCUT2D eigenvalue weighted by molar-refractivity contribution is 6.09. The number of hydrogen-bond donors (Lipinski definition) is 2. The van der Waals surface area contributed by atoms with Crippen molar-refractivity contribution < 1.29 is 9.59 Å². The lowest BCUT2D eigenvalue weighted by Crippen LogP contribution is -2.28. The molecule has 0 spiro atoms. The molecule has 3 aromatic rings. The molecular formula is C23H19N3O2. The molecule has 5 heteroatoms. The standard InChI is InChI=1S/C23H19N3O2/c1-16(18-9-3-2-4-10-18)25-23(28)20-12-5-6-13-21(20)26-22(27)19-11-7-8-17(14-19)15-24/h2-14,16H,1H3,(H,25,28)(H,26,27)/t16-/m0/s1. The zero-order valence-electron chi connectivity index (χ0n) is 15.3. The SMILES string of the molecule is C[C@H](NC(=O)c1ccccc1NC(=O)c1cccc(C#N)c1)c1ccccc1. The maximum absolute atomic E-state index is 12.8. The Balaban J connectivity index is 1.78. The van der Waals surface area contributed by atoms with Crippen LogP contribution >= 0.6 is 0 Å². The summed E-state index contributed by atoms with van der Waals surface area (Å²) in [5.41, 5.74) is 2.52. The van der Waals surface area contributed by atoms with E-state index in [9.17, 15) is 9.59 Å². The molecule has 5 nitrogen and oxygen atoms in total. The Labute approximate surface area is 163 Å². The first kappa shape index (κ1) is 18.9. The average Bonchev–Trinajstić information content (AvgIpc) is 2.74. The molecule has 28 heavy (non-hydrogen) atoms. The Morgan fingerprint density at radius 3 is 2.36 bits per heavy atom. The maximum atomic E-state index is 12.8. The van der Waals surface area contributed by atoms with Crippen molar-refractivity contribution in [3.63, 3.8) is 0 Å². The quantitative estimate of drug-likeness (QED) is 0.703. The number of amides is 2. The summed E-state index contributed by atoms with van der Waals surface area (Å²) >= 11 is 0. The van der Waals surface area contributed by atoms with Crippen molar-refractivity contribution in [1.29, 1.82) is 5.26 Å². The van der Waals surface area contributed by atoms with Gasteiger partial charge in [0.2, 0.25) is 0 Å². The van der Waals surface area contributed by atoms with Crippen LogP contribution in [0.15, 0.2) is 78.9 Å². The summed E-state index contributed by atoms with van der Waals surface area (Å²) in [4.78, 5) is 25.3. The maximum Gasteiger partial charge on any atom is 0.255 e. The first-order valence-electron chi connectivity index (χ1n) is 8.85. The third kappa shape index (κ3) is 4.43. The summed E-state index contributed by atoms with van der Waals surface area (Å²) in [6.45, 7) is 1.90. The molecule has 3 aromatic carbocycles. The number of para-hydroxylation sites is 1. The molecule has 0 aromatic heterocycles. The Hall–Kier alpha value is -3.91. The topological polar surface area (TPSA) is 82.0 Å². The Morgan fingerprint density at radius 2 is 1.61 bits per heavy atom. The first-order chi connectivity index (χ1) is 13.6. The monoisotopic (exact) mass is 369 g/mol. The molecule has 0 aliphatic heterocycles. The van der Waals surface area contributed by atoms with E-state index in [2.05, 4.69) is 10.6 Å². The number of carbonyl (C=O) groups excluding carboxylic acids is 2. The van der Waals surface area contributed by atoms with E-state index in [-0.39, 0.29) is 17.9 Å². The summed E-state index contributed by atoms with van der Waals surface area (Å²) in [6.07, 6.45) is 0. The fourth-order valence-corrected chi connectivity index (χ4v) is 2.81. The van der Waals surface area contributed by atoms with Crippen LogP contribution in [0.25, 0.3) is 0 Å². The van der Waals surface area contributed by atoms with E-state index in [1.54, 1.807) is 42.5 Å². The van der Waals surface area contributed by atoms with E-state index >= 15 is 0 Å². The summed E-state index contributed by atoms with van der Waals surface area (Å²) in [7, 11) is 0. The lowest BCUT2D eigenvalue weighted by atomic mass is 10.1. The summed E-state index contributed by atoms with van der Waals surface area (Å²) < 4.78 is 0. The molecule has 138 valence electrons. The van der Waals surface area contributed by atoms with Crippen molar-refractivity contribution in [1.82, 2.24) is 5.32 Å². The number of nitrogens with one attached hydrogen (secondary N) is 2. The van der Waals surface area contributed by atoms with Crippen molar-refractivity contribution in [2.24, 2.45) is 0 Å². The van der Waals surface area contributed by atoms with E-state index < -0.39 is 0 Å². The molecule has 3 rings (SSSR count). The molecule has 0 saturated heterocycles. The largest absolute Gasteiger partial charge is 0.345 e. The van der Waals surface area contributed by atoms with Gasteiger partial charge in [0.25, 0.3) is 11.8 Å². The fraction of sp³-hybridized carbons (Fsp3) is 0.0870. The predicted octanol–water partition coefficient (Wildman–Crippen LogP) is 4.30. The lowest BCUT2D eigenvalue weighted by molar-refractivity contribution is 0.0941. The van der Waals surface area contributed by atoms with Gasteiger partial charge in [-0.3, -0.25) is 9.59 Å². The van der Waals surface area contributed by atoms with Gasteiger partial charge < -0.3 is 10.6 Å². The third-order valence-electron chi connectivity index (χ3n) is 4.32. The third-order valence-corrected chi connectivity index (χ3v) is 4.32. The second-order valence-electron chi connectivity index (χ2n) is 6.30. The van der Waals surface area contributed by atoms with Gasteiger partial charge in [0.05, 0.1) is 28.9 Å². The molecule has 2 N–H and O–H groups in total. The highest BCUT2D eigenvalue weighted by Gasteiger charge is 2.16. The highest BCUT2D eigenvalue weighted by atomic mass is 16.2. The number of nitrogens with zero attached hydrogens (tertiary/aromatic N) is 1. The van der Waals surface area contributed by atoms with E-state index in [1.165, 1.54) is 6.07 Å². The number of rotatable bonds is 5. The van der Waals surface area contributed by atoms with E-state index in [1.807, 2.05) is 43.3 Å². The second-order valence-corrected chi connectivity index (χ2v) is 6.30. The van der Waals surface area contributed by atoms with Crippen LogP contribution in [0, 0.1) is 11.3 Å². The van der Waals surface area contributed by atoms with E-state index in [4.69, 9.17) is 5.26 Å². The van der Waals surface area contributed by atoms with Crippen LogP contribution in [-0.2, 0) is 0 Å². The van der Waals surface area contributed by atoms with Crippen LogP contribution in [0.1, 0.15) is 44.8 Å². The van der Waals surface area contributed by atoms with Crippen LogP contribution in [-0.4, -0.2) is 11.8 Å². The molecule has 0 heterocycles. The van der Waals surface area contributed by atoms with Gasteiger partial charge >= 0.3 is 0 Å². The number of hydrogen-bond acceptors (Lipinski definition) is 3. The molecule has 0 aliphatic carbocycles.